The third kappa shape index (κ3) is 19.2. The van der Waals surface area contributed by atoms with Crippen molar-refractivity contribution in [1.82, 2.24) is 0 Å². The first-order valence-electron chi connectivity index (χ1n) is 28.1. The highest BCUT2D eigenvalue weighted by Gasteiger charge is 2.22. The second kappa shape index (κ2) is 32.1. The summed E-state index contributed by atoms with van der Waals surface area (Å²) < 4.78 is 0. The van der Waals surface area contributed by atoms with Gasteiger partial charge < -0.3 is 26.4 Å². The molecule has 0 unspecified atom stereocenters. The molecule has 13 nitrogen and oxygen atoms in total. The SMILES string of the molecule is Nc1ccccc1Cc1ccccc1.O=C(Nc1ccccc1Cc1ccccc1)c1ccc(NC(=O)c2cccc(Cc3ccccc3)c2)c(Cc2ccccc2)c1.O=[N+]([O-])c1ccccc1B(O)O.O=[N+]([O-])c1ccccc1Cc1ccccc1. The van der Waals surface area contributed by atoms with Crippen molar-refractivity contribution in [3.05, 3.63) is 378 Å². The van der Waals surface area contributed by atoms with E-state index < -0.39 is 12.0 Å². The van der Waals surface area contributed by atoms with Gasteiger partial charge in [-0.05, 0) is 118 Å². The van der Waals surface area contributed by atoms with Crippen LogP contribution in [-0.2, 0) is 32.1 Å². The minimum absolute atomic E-state index is 0.0949. The molecule has 11 rings (SSSR count). The van der Waals surface area contributed by atoms with E-state index in [0.717, 1.165) is 57.6 Å². The fourth-order valence-electron chi connectivity index (χ4n) is 9.51. The van der Waals surface area contributed by atoms with Crippen LogP contribution >= 0.6 is 0 Å². The van der Waals surface area contributed by atoms with Crippen LogP contribution in [0.2, 0.25) is 0 Å². The Morgan fingerprint density at radius 2 is 0.724 bits per heavy atom. The van der Waals surface area contributed by atoms with Crippen LogP contribution in [0.5, 0.6) is 0 Å². The molecule has 432 valence electrons. The van der Waals surface area contributed by atoms with Crippen LogP contribution in [0.25, 0.3) is 0 Å². The van der Waals surface area contributed by atoms with Gasteiger partial charge in [-0.2, -0.15) is 0 Å². The molecule has 2 amide bonds. The van der Waals surface area contributed by atoms with Gasteiger partial charge in [-0.25, -0.2) is 0 Å². The Bertz CT molecular complexity index is 4010. The lowest BCUT2D eigenvalue weighted by molar-refractivity contribution is -0.385. The van der Waals surface area contributed by atoms with Crippen molar-refractivity contribution in [1.29, 1.82) is 0 Å². The lowest BCUT2D eigenvalue weighted by atomic mass is 9.79. The number of nitro groups is 2. The fraction of sp³-hybridized carbons (Fsp3) is 0.0685. The quantitative estimate of drug-likeness (QED) is 0.0254. The van der Waals surface area contributed by atoms with Crippen molar-refractivity contribution in [3.63, 3.8) is 0 Å². The zero-order valence-corrected chi connectivity index (χ0v) is 47.6. The molecule has 0 saturated heterocycles. The molecular weight excluding hydrogens is 1090 g/mol. The highest BCUT2D eigenvalue weighted by atomic mass is 16.6. The van der Waals surface area contributed by atoms with Gasteiger partial charge >= 0.3 is 7.12 Å². The number of carbonyl (C=O) groups is 2. The van der Waals surface area contributed by atoms with E-state index in [0.29, 0.717) is 36.1 Å². The summed E-state index contributed by atoms with van der Waals surface area (Å²) in [4.78, 5) is 47.2. The largest absolute Gasteiger partial charge is 0.495 e. The average molecular weight is 1150 g/mol. The number of nitrogens with two attached hydrogens (primary N) is 1. The highest BCUT2D eigenvalue weighted by molar-refractivity contribution is 6.60. The van der Waals surface area contributed by atoms with Crippen LogP contribution in [0, 0.1) is 20.2 Å². The Morgan fingerprint density at radius 1 is 0.356 bits per heavy atom. The van der Waals surface area contributed by atoms with E-state index in [1.807, 2.05) is 188 Å². The van der Waals surface area contributed by atoms with Gasteiger partial charge in [0, 0.05) is 52.3 Å². The summed E-state index contributed by atoms with van der Waals surface area (Å²) in [5.74, 6) is -0.387. The van der Waals surface area contributed by atoms with Crippen molar-refractivity contribution in [2.24, 2.45) is 0 Å². The molecule has 11 aromatic carbocycles. The van der Waals surface area contributed by atoms with E-state index in [-0.39, 0.29) is 33.6 Å². The number of carbonyl (C=O) groups excluding carboxylic acids is 2. The molecular formula is C73H64BN5O8. The molecule has 11 aromatic rings. The van der Waals surface area contributed by atoms with Crippen LogP contribution in [0.4, 0.5) is 28.4 Å². The van der Waals surface area contributed by atoms with Crippen LogP contribution < -0.4 is 21.8 Å². The normalized spacial score (nSPS) is 10.3. The molecule has 0 aliphatic heterocycles. The highest BCUT2D eigenvalue weighted by Crippen LogP contribution is 2.26. The Balaban J connectivity index is 0.000000188. The zero-order chi connectivity index (χ0) is 61.2. The summed E-state index contributed by atoms with van der Waals surface area (Å²) in [5.41, 5.74) is 19.9. The van der Waals surface area contributed by atoms with Gasteiger partial charge in [0.1, 0.15) is 0 Å². The molecule has 87 heavy (non-hydrogen) atoms. The summed E-state index contributed by atoms with van der Waals surface area (Å²) in [6.07, 6.45) is 3.54. The predicted molar refractivity (Wildman–Crippen MR) is 348 cm³/mol. The van der Waals surface area contributed by atoms with E-state index in [4.69, 9.17) is 15.8 Å². The molecule has 0 spiro atoms. The summed E-state index contributed by atoms with van der Waals surface area (Å²) >= 11 is 0. The Hall–Kier alpha value is -11.1. The number of hydrogen-bond donors (Lipinski definition) is 5. The number of rotatable bonds is 17. The molecule has 0 aliphatic rings. The van der Waals surface area contributed by atoms with Gasteiger partial charge in [0.2, 0.25) is 0 Å². The van der Waals surface area contributed by atoms with Crippen molar-refractivity contribution < 1.29 is 29.5 Å². The molecule has 0 fully saturated rings. The van der Waals surface area contributed by atoms with E-state index in [1.54, 1.807) is 18.2 Å². The molecule has 0 heterocycles. The minimum Gasteiger partial charge on any atom is -0.423 e. The second-order valence-electron chi connectivity index (χ2n) is 20.2. The number of nitrogens with zero attached hydrogens (tertiary/aromatic N) is 2. The first-order chi connectivity index (χ1) is 42.4. The molecule has 0 atom stereocenters. The van der Waals surface area contributed by atoms with E-state index in [9.17, 15) is 29.8 Å². The third-order valence-electron chi connectivity index (χ3n) is 13.9. The van der Waals surface area contributed by atoms with Gasteiger partial charge in [0.25, 0.3) is 23.2 Å². The van der Waals surface area contributed by atoms with Crippen molar-refractivity contribution in [3.8, 4) is 0 Å². The van der Waals surface area contributed by atoms with Crippen molar-refractivity contribution in [2.45, 2.75) is 32.1 Å². The maximum Gasteiger partial charge on any atom is 0.495 e. The van der Waals surface area contributed by atoms with Gasteiger partial charge in [0.05, 0.1) is 15.3 Å². The number of amides is 2. The Labute approximate surface area is 506 Å². The number of para-hydroxylation sites is 4. The van der Waals surface area contributed by atoms with Gasteiger partial charge in [-0.15, -0.1) is 0 Å². The van der Waals surface area contributed by atoms with E-state index in [1.165, 1.54) is 52.6 Å². The number of nitrogen functional groups attached to an aromatic ring is 1. The molecule has 0 aliphatic carbocycles. The maximum absolute atomic E-state index is 13.6. The van der Waals surface area contributed by atoms with Crippen LogP contribution in [0.3, 0.4) is 0 Å². The van der Waals surface area contributed by atoms with Crippen molar-refractivity contribution >= 4 is 52.8 Å². The fourth-order valence-corrected chi connectivity index (χ4v) is 9.51. The minimum atomic E-state index is -1.80. The Kier molecular flexibility index (Phi) is 22.9. The summed E-state index contributed by atoms with van der Waals surface area (Å²) in [5, 5.41) is 44.8. The predicted octanol–water partition coefficient (Wildman–Crippen LogP) is 14.3. The van der Waals surface area contributed by atoms with Crippen LogP contribution in [0.15, 0.2) is 291 Å². The van der Waals surface area contributed by atoms with Gasteiger partial charge in [-0.1, -0.05) is 237 Å². The average Bonchev–Trinajstić information content (AvgIpc) is 3.68. The van der Waals surface area contributed by atoms with Gasteiger partial charge in [0.15, 0.2) is 0 Å². The van der Waals surface area contributed by atoms with Gasteiger partial charge in [-0.3, -0.25) is 29.8 Å². The van der Waals surface area contributed by atoms with Crippen LogP contribution in [-0.4, -0.2) is 38.8 Å². The number of benzene rings is 11. The number of nitro benzene ring substituents is 2. The standard InChI is InChI=1S/C41H34N2O2.C13H11NO2.C13H13N.C6H6BNO4/c44-40(35-21-12-19-33(28-35)25-30-13-4-1-5-14-30)43-39-24-23-36(29-37(39)27-32-17-8-3-9-18-32)41(45)42-38-22-11-10-20-34(38)26-31-15-6-2-7-16-31;15-14(16)13-9-5-4-8-12(13)10-11-6-2-1-3-7-11;14-13-9-5-4-8-12(13)10-11-6-2-1-3-7-11;9-7(10)5-3-1-2-4-6(5)8(11)12/h1-24,28-29H,25-27H2,(H,42,45)(H,43,44);1-9H,10H2;1-9H,10,14H2;1-4,9-10H. The lowest BCUT2D eigenvalue weighted by Gasteiger charge is -2.15. The third-order valence-corrected chi connectivity index (χ3v) is 13.9. The van der Waals surface area contributed by atoms with E-state index >= 15 is 0 Å². The topological polar surface area (TPSA) is 211 Å². The number of hydrogen-bond acceptors (Lipinski definition) is 9. The lowest BCUT2D eigenvalue weighted by Crippen LogP contribution is -2.31. The number of anilines is 3. The van der Waals surface area contributed by atoms with Crippen molar-refractivity contribution in [2.75, 3.05) is 16.4 Å². The molecule has 0 bridgehead atoms. The molecule has 14 heteroatoms. The zero-order valence-electron chi connectivity index (χ0n) is 47.6. The number of nitrogens with one attached hydrogen (secondary N) is 2. The first-order valence-corrected chi connectivity index (χ1v) is 28.1. The smallest absolute Gasteiger partial charge is 0.423 e. The molecule has 6 N–H and O–H groups in total. The second-order valence-corrected chi connectivity index (χ2v) is 20.2. The molecule has 0 saturated carbocycles. The maximum atomic E-state index is 13.6. The molecule has 0 aromatic heterocycles. The Morgan fingerprint density at radius 3 is 1.22 bits per heavy atom. The first kappa shape index (κ1) is 62.0. The van der Waals surface area contributed by atoms with Crippen LogP contribution in [0.1, 0.15) is 76.4 Å². The van der Waals surface area contributed by atoms with E-state index in [2.05, 4.69) is 65.2 Å². The summed E-state index contributed by atoms with van der Waals surface area (Å²) in [7, 11) is -1.80. The summed E-state index contributed by atoms with van der Waals surface area (Å²) in [6.45, 7) is 0. The monoisotopic (exact) mass is 1150 g/mol. The molecule has 0 radical (unpaired) electrons. The summed E-state index contributed by atoms with van der Waals surface area (Å²) in [6, 6.07) is 92.0.